The zero-order chi connectivity index (χ0) is 27.6. The molecule has 3 heterocycles. The number of thiazole rings is 1. The van der Waals surface area contributed by atoms with Crippen LogP contribution in [-0.4, -0.2) is 43.9 Å². The summed E-state index contributed by atoms with van der Waals surface area (Å²) in [6.07, 6.45) is 11.6. The molecule has 9 nitrogen and oxygen atoms in total. The molecular weight excluding hydrogens is 526 g/mol. The van der Waals surface area contributed by atoms with E-state index in [4.69, 9.17) is 9.84 Å². The van der Waals surface area contributed by atoms with Crippen molar-refractivity contribution in [2.24, 2.45) is 23.2 Å². The standard InChI is InChI=1S/C30H31N5O4S/c1-16-22(13-33-35(16)14-30-10-17-7-18(11-30)9-19(8-17)12-30)20-3-4-21-23(34-27-26(28(36)37)40-15-32-27)5-6-31-25(21)24(20)29(38)39-2/h3-6,13,15,17-19H,7-12,14H2,1-2H3,(H,31,34)(H,36,37). The molecule has 0 radical (unpaired) electrons. The van der Waals surface area contributed by atoms with Crippen molar-refractivity contribution in [3.05, 3.63) is 52.2 Å². The van der Waals surface area contributed by atoms with Crippen molar-refractivity contribution in [1.29, 1.82) is 0 Å². The Labute approximate surface area is 235 Å². The lowest BCUT2D eigenvalue weighted by molar-refractivity contribution is -0.0638. The molecular formula is C30H31N5O4S. The van der Waals surface area contributed by atoms with Crippen LogP contribution in [0.25, 0.3) is 22.0 Å². The molecule has 40 heavy (non-hydrogen) atoms. The Morgan fingerprint density at radius 1 is 1.10 bits per heavy atom. The molecule has 1 aromatic carbocycles. The maximum absolute atomic E-state index is 13.2. The molecule has 0 atom stereocenters. The third kappa shape index (κ3) is 4.08. The van der Waals surface area contributed by atoms with Crippen molar-refractivity contribution >= 4 is 45.7 Å². The summed E-state index contributed by atoms with van der Waals surface area (Å²) in [5.74, 6) is 1.32. The molecule has 4 saturated carbocycles. The lowest BCUT2D eigenvalue weighted by Crippen LogP contribution is -2.48. The molecule has 8 rings (SSSR count). The first-order valence-electron chi connectivity index (χ1n) is 13.8. The highest BCUT2D eigenvalue weighted by atomic mass is 32.1. The predicted molar refractivity (Wildman–Crippen MR) is 152 cm³/mol. The third-order valence-corrected chi connectivity index (χ3v) is 10.2. The lowest BCUT2D eigenvalue weighted by Gasteiger charge is -2.56. The average Bonchev–Trinajstić information content (AvgIpc) is 3.53. The van der Waals surface area contributed by atoms with Crippen LogP contribution in [0, 0.1) is 30.1 Å². The number of carboxylic acids is 1. The van der Waals surface area contributed by atoms with Crippen LogP contribution in [0.15, 0.2) is 36.1 Å². The van der Waals surface area contributed by atoms with Crippen LogP contribution in [-0.2, 0) is 11.3 Å². The van der Waals surface area contributed by atoms with E-state index in [2.05, 4.69) is 26.9 Å². The molecule has 4 aromatic rings. The highest BCUT2D eigenvalue weighted by Crippen LogP contribution is 2.60. The number of nitrogens with zero attached hydrogens (tertiary/aromatic N) is 4. The monoisotopic (exact) mass is 557 g/mol. The molecule has 3 aromatic heterocycles. The minimum Gasteiger partial charge on any atom is -0.477 e. The van der Waals surface area contributed by atoms with Crippen molar-refractivity contribution in [2.45, 2.75) is 52.0 Å². The number of aromatic carboxylic acids is 1. The maximum Gasteiger partial charge on any atom is 0.349 e. The van der Waals surface area contributed by atoms with Gasteiger partial charge in [-0.1, -0.05) is 12.1 Å². The molecule has 0 saturated heterocycles. The number of carboxylic acid groups (broad SMARTS) is 1. The summed E-state index contributed by atoms with van der Waals surface area (Å²) >= 11 is 1.05. The molecule has 4 aliphatic rings. The summed E-state index contributed by atoms with van der Waals surface area (Å²) in [6, 6.07) is 5.54. The lowest BCUT2D eigenvalue weighted by atomic mass is 9.49. The van der Waals surface area contributed by atoms with Gasteiger partial charge in [0.1, 0.15) is 0 Å². The SMILES string of the molecule is COC(=O)c1c(-c2cnn(CC34CC5CC(CC(C5)C3)C4)c2C)ccc2c(Nc3ncsc3C(=O)O)ccnc12. The second kappa shape index (κ2) is 9.40. The topological polar surface area (TPSA) is 119 Å². The second-order valence-corrected chi connectivity index (χ2v) is 12.8. The number of carbonyl (C=O) groups excluding carboxylic acids is 1. The summed E-state index contributed by atoms with van der Waals surface area (Å²) in [5.41, 5.74) is 5.89. The number of ether oxygens (including phenoxy) is 1. The minimum absolute atomic E-state index is 0.108. The van der Waals surface area contributed by atoms with Gasteiger partial charge >= 0.3 is 11.9 Å². The number of benzene rings is 1. The molecule has 4 aliphatic carbocycles. The second-order valence-electron chi connectivity index (χ2n) is 11.9. The number of fused-ring (bicyclic) bond motifs is 1. The highest BCUT2D eigenvalue weighted by Gasteiger charge is 2.51. The van der Waals surface area contributed by atoms with E-state index in [0.29, 0.717) is 27.6 Å². The summed E-state index contributed by atoms with van der Waals surface area (Å²) in [6.45, 7) is 3.00. The van der Waals surface area contributed by atoms with Crippen LogP contribution in [0.2, 0.25) is 0 Å². The average molecular weight is 558 g/mol. The number of aromatic nitrogens is 4. The van der Waals surface area contributed by atoms with E-state index in [1.54, 1.807) is 12.3 Å². The third-order valence-electron chi connectivity index (χ3n) is 9.36. The Balaban J connectivity index is 1.27. The number of hydrogen-bond donors (Lipinski definition) is 2. The van der Waals surface area contributed by atoms with Gasteiger partial charge in [0.15, 0.2) is 10.7 Å². The smallest absolute Gasteiger partial charge is 0.349 e. The number of carbonyl (C=O) groups is 2. The van der Waals surface area contributed by atoms with Crippen molar-refractivity contribution in [3.63, 3.8) is 0 Å². The molecule has 206 valence electrons. The number of esters is 1. The number of nitrogens with one attached hydrogen (secondary N) is 1. The molecule has 0 unspecified atom stereocenters. The van der Waals surface area contributed by atoms with Crippen LogP contribution in [0.1, 0.15) is 64.2 Å². The van der Waals surface area contributed by atoms with Crippen molar-refractivity contribution in [3.8, 4) is 11.1 Å². The van der Waals surface area contributed by atoms with Gasteiger partial charge in [-0.25, -0.2) is 14.6 Å². The Bertz CT molecular complexity index is 1620. The summed E-state index contributed by atoms with van der Waals surface area (Å²) in [7, 11) is 1.37. The number of pyridine rings is 1. The van der Waals surface area contributed by atoms with Crippen LogP contribution in [0.4, 0.5) is 11.5 Å². The zero-order valence-electron chi connectivity index (χ0n) is 22.5. The van der Waals surface area contributed by atoms with E-state index in [1.807, 2.05) is 18.3 Å². The molecule has 4 fully saturated rings. The van der Waals surface area contributed by atoms with Gasteiger partial charge in [-0.2, -0.15) is 5.10 Å². The molecule has 2 N–H and O–H groups in total. The van der Waals surface area contributed by atoms with E-state index in [-0.39, 0.29) is 10.7 Å². The van der Waals surface area contributed by atoms with Crippen LogP contribution >= 0.6 is 11.3 Å². The van der Waals surface area contributed by atoms with Crippen molar-refractivity contribution in [1.82, 2.24) is 19.7 Å². The predicted octanol–water partition coefficient (Wildman–Crippen LogP) is 6.31. The quantitative estimate of drug-likeness (QED) is 0.254. The van der Waals surface area contributed by atoms with Crippen LogP contribution in [0.3, 0.4) is 0 Å². The van der Waals surface area contributed by atoms with E-state index in [9.17, 15) is 14.7 Å². The highest BCUT2D eigenvalue weighted by molar-refractivity contribution is 7.12. The van der Waals surface area contributed by atoms with Gasteiger partial charge in [0.25, 0.3) is 0 Å². The Morgan fingerprint density at radius 2 is 1.82 bits per heavy atom. The van der Waals surface area contributed by atoms with Gasteiger partial charge in [0.2, 0.25) is 0 Å². The fourth-order valence-corrected chi connectivity index (χ4v) is 8.73. The van der Waals surface area contributed by atoms with Gasteiger partial charge in [0, 0.05) is 34.9 Å². The number of hydrogen-bond acceptors (Lipinski definition) is 8. The zero-order valence-corrected chi connectivity index (χ0v) is 23.3. The molecule has 0 amide bonds. The van der Waals surface area contributed by atoms with Crippen molar-refractivity contribution in [2.75, 3.05) is 12.4 Å². The van der Waals surface area contributed by atoms with Crippen molar-refractivity contribution < 1.29 is 19.4 Å². The molecule has 10 heteroatoms. The normalized spacial score (nSPS) is 24.9. The first-order valence-corrected chi connectivity index (χ1v) is 14.7. The van der Waals surface area contributed by atoms with Gasteiger partial charge < -0.3 is 15.2 Å². The fraction of sp³-hybridized carbons (Fsp3) is 0.433. The molecule has 4 bridgehead atoms. The first kappa shape index (κ1) is 25.2. The summed E-state index contributed by atoms with van der Waals surface area (Å²) in [5, 5.41) is 18.1. The first-order chi connectivity index (χ1) is 19.3. The summed E-state index contributed by atoms with van der Waals surface area (Å²) in [4.78, 5) is 33.7. The van der Waals surface area contributed by atoms with E-state index < -0.39 is 11.9 Å². The largest absolute Gasteiger partial charge is 0.477 e. The van der Waals surface area contributed by atoms with Gasteiger partial charge in [-0.15, -0.1) is 11.3 Å². The number of methoxy groups -OCH3 is 1. The van der Waals surface area contributed by atoms with E-state index >= 15 is 0 Å². The van der Waals surface area contributed by atoms with E-state index in [1.165, 1.54) is 51.1 Å². The summed E-state index contributed by atoms with van der Waals surface area (Å²) < 4.78 is 7.37. The van der Waals surface area contributed by atoms with Gasteiger partial charge in [-0.05, 0) is 74.7 Å². The minimum atomic E-state index is -1.05. The fourth-order valence-electron chi connectivity index (χ4n) is 8.15. The van der Waals surface area contributed by atoms with Crippen LogP contribution < -0.4 is 5.32 Å². The Morgan fingerprint density at radius 3 is 2.50 bits per heavy atom. The molecule has 0 spiro atoms. The molecule has 0 aliphatic heterocycles. The number of anilines is 2. The number of rotatable bonds is 7. The van der Waals surface area contributed by atoms with Crippen LogP contribution in [0.5, 0.6) is 0 Å². The van der Waals surface area contributed by atoms with Gasteiger partial charge in [-0.3, -0.25) is 9.67 Å². The van der Waals surface area contributed by atoms with E-state index in [0.717, 1.165) is 52.5 Å². The maximum atomic E-state index is 13.2. The Kier molecular flexibility index (Phi) is 5.92. The van der Waals surface area contributed by atoms with Gasteiger partial charge in [0.05, 0.1) is 35.6 Å². The Hall–Kier alpha value is -3.79.